The number of hydrogen-bond donors (Lipinski definition) is 0. The molecule has 0 saturated heterocycles. The fourth-order valence-corrected chi connectivity index (χ4v) is 2.76. The first kappa shape index (κ1) is 20.2. The number of nitrogens with zero attached hydrogens (tertiary/aromatic N) is 1. The topological polar surface area (TPSA) is 29.5 Å². The highest BCUT2D eigenvalue weighted by molar-refractivity contribution is 5.80. The Balaban J connectivity index is 5.17. The average Bonchev–Trinajstić information content (AvgIpc) is 2.29. The third kappa shape index (κ3) is 8.92. The summed E-state index contributed by atoms with van der Waals surface area (Å²) in [5.41, 5.74) is 0.388. The molecule has 21 heavy (non-hydrogen) atoms. The quantitative estimate of drug-likeness (QED) is 0.490. The van der Waals surface area contributed by atoms with Gasteiger partial charge in [0.15, 0.2) is 0 Å². The molecule has 0 N–H and O–H groups in total. The molecular formula is C18H35NO2. The van der Waals surface area contributed by atoms with Crippen molar-refractivity contribution in [3.63, 3.8) is 0 Å². The van der Waals surface area contributed by atoms with Gasteiger partial charge in [0.25, 0.3) is 0 Å². The molecule has 0 fully saturated rings. The van der Waals surface area contributed by atoms with E-state index in [-0.39, 0.29) is 28.9 Å². The molecule has 0 aliphatic rings. The smallest absolute Gasteiger partial charge is 0.349 e. The third-order valence-corrected chi connectivity index (χ3v) is 3.38. The maximum absolute atomic E-state index is 11.7. The van der Waals surface area contributed by atoms with Crippen molar-refractivity contribution in [3.8, 4) is 0 Å². The lowest BCUT2D eigenvalue weighted by molar-refractivity contribution is -0.215. The molecule has 124 valence electrons. The van der Waals surface area contributed by atoms with Gasteiger partial charge >= 0.3 is 5.97 Å². The first-order valence-corrected chi connectivity index (χ1v) is 8.02. The van der Waals surface area contributed by atoms with E-state index in [0.29, 0.717) is 0 Å². The molecule has 0 aromatic carbocycles. The van der Waals surface area contributed by atoms with Gasteiger partial charge in [-0.25, -0.2) is 4.79 Å². The predicted molar refractivity (Wildman–Crippen MR) is 89.8 cm³/mol. The number of carbonyl (C=O) groups excluding carboxylic acids is 1. The molecule has 0 aromatic heterocycles. The summed E-state index contributed by atoms with van der Waals surface area (Å²) in [5.74, 6) is -0.372. The Labute approximate surface area is 131 Å². The van der Waals surface area contributed by atoms with Crippen LogP contribution in [0.2, 0.25) is 0 Å². The third-order valence-electron chi connectivity index (χ3n) is 3.38. The van der Waals surface area contributed by atoms with Gasteiger partial charge in [-0.1, -0.05) is 55.0 Å². The molecule has 3 heteroatoms. The molecule has 0 aliphatic heterocycles. The monoisotopic (exact) mass is 297 g/mol. The van der Waals surface area contributed by atoms with Gasteiger partial charge in [0.05, 0.1) is 0 Å². The van der Waals surface area contributed by atoms with Crippen LogP contribution in [0, 0.1) is 10.8 Å². The summed E-state index contributed by atoms with van der Waals surface area (Å²) in [6, 6.07) is 0.410. The number of hydroxylamine groups is 2. The largest absolute Gasteiger partial charge is 0.364 e. The van der Waals surface area contributed by atoms with Crippen LogP contribution in [0.25, 0.3) is 0 Å². The van der Waals surface area contributed by atoms with E-state index in [9.17, 15) is 4.79 Å². The molecule has 2 unspecified atom stereocenters. The van der Waals surface area contributed by atoms with E-state index in [4.69, 9.17) is 4.84 Å². The van der Waals surface area contributed by atoms with Crippen molar-refractivity contribution in [1.29, 1.82) is 0 Å². The summed E-state index contributed by atoms with van der Waals surface area (Å²) in [6.07, 6.45) is 4.15. The van der Waals surface area contributed by atoms with E-state index in [0.717, 1.165) is 19.3 Å². The summed E-state index contributed by atoms with van der Waals surface area (Å²) in [4.78, 5) is 17.3. The predicted octanol–water partition coefficient (Wildman–Crippen LogP) is 4.97. The lowest BCUT2D eigenvalue weighted by Crippen LogP contribution is -2.45. The van der Waals surface area contributed by atoms with Crippen LogP contribution >= 0.6 is 0 Å². The van der Waals surface area contributed by atoms with Gasteiger partial charge in [-0.05, 0) is 37.0 Å². The maximum Gasteiger partial charge on any atom is 0.349 e. The van der Waals surface area contributed by atoms with Crippen molar-refractivity contribution in [3.05, 3.63) is 12.7 Å². The SMILES string of the molecule is C=CC(=O)ON(C(C)CC(C)(C)C)C(CC)CC(C)(C)C. The minimum atomic E-state index is -0.372. The van der Waals surface area contributed by atoms with E-state index in [1.165, 1.54) is 6.08 Å². The molecule has 0 aliphatic carbocycles. The van der Waals surface area contributed by atoms with Gasteiger partial charge < -0.3 is 4.84 Å². The van der Waals surface area contributed by atoms with Crippen molar-refractivity contribution in [2.24, 2.45) is 10.8 Å². The lowest BCUT2D eigenvalue weighted by atomic mass is 9.85. The van der Waals surface area contributed by atoms with Gasteiger partial charge in [0.2, 0.25) is 0 Å². The highest BCUT2D eigenvalue weighted by atomic mass is 16.7. The second-order valence-electron chi connectivity index (χ2n) is 8.41. The minimum absolute atomic E-state index is 0.182. The maximum atomic E-state index is 11.7. The fourth-order valence-electron chi connectivity index (χ4n) is 2.76. The molecule has 0 saturated carbocycles. The number of carbonyl (C=O) groups is 1. The van der Waals surface area contributed by atoms with Crippen molar-refractivity contribution < 1.29 is 9.63 Å². The first-order chi connectivity index (χ1) is 9.39. The Kier molecular flexibility index (Phi) is 7.66. The summed E-state index contributed by atoms with van der Waals surface area (Å²) in [7, 11) is 0. The van der Waals surface area contributed by atoms with Crippen LogP contribution < -0.4 is 0 Å². The van der Waals surface area contributed by atoms with Crippen molar-refractivity contribution >= 4 is 5.97 Å². The Morgan fingerprint density at radius 2 is 1.62 bits per heavy atom. The Morgan fingerprint density at radius 1 is 1.14 bits per heavy atom. The Hall–Kier alpha value is -0.830. The second-order valence-corrected chi connectivity index (χ2v) is 8.41. The van der Waals surface area contributed by atoms with E-state index in [1.807, 2.05) is 5.06 Å². The van der Waals surface area contributed by atoms with Gasteiger partial charge in [-0.15, -0.1) is 5.06 Å². The summed E-state index contributed by atoms with van der Waals surface area (Å²) in [5, 5.41) is 1.90. The van der Waals surface area contributed by atoms with Gasteiger partial charge in [0, 0.05) is 18.2 Å². The highest BCUT2D eigenvalue weighted by Crippen LogP contribution is 2.30. The molecule has 0 heterocycles. The molecule has 3 nitrogen and oxygen atoms in total. The highest BCUT2D eigenvalue weighted by Gasteiger charge is 2.31. The van der Waals surface area contributed by atoms with Crippen LogP contribution in [0.1, 0.15) is 74.7 Å². The van der Waals surface area contributed by atoms with Gasteiger partial charge in [0.1, 0.15) is 0 Å². The van der Waals surface area contributed by atoms with Gasteiger partial charge in [-0.2, -0.15) is 0 Å². The molecule has 0 aromatic rings. The van der Waals surface area contributed by atoms with Crippen LogP contribution in [-0.4, -0.2) is 23.1 Å². The van der Waals surface area contributed by atoms with Crippen molar-refractivity contribution in [2.45, 2.75) is 86.7 Å². The standard InChI is InChI=1S/C18H35NO2/c1-10-15(13-18(7,8)9)19(21-16(20)11-2)14(3)12-17(4,5)6/h11,14-15H,2,10,12-13H2,1,3-9H3. The number of rotatable bonds is 7. The second kappa shape index (κ2) is 7.98. The summed E-state index contributed by atoms with van der Waals surface area (Å²) >= 11 is 0. The van der Waals surface area contributed by atoms with E-state index < -0.39 is 0 Å². The van der Waals surface area contributed by atoms with E-state index >= 15 is 0 Å². The zero-order chi connectivity index (χ0) is 16.8. The molecule has 2 atom stereocenters. The van der Waals surface area contributed by atoms with Crippen LogP contribution in [0.5, 0.6) is 0 Å². The Morgan fingerprint density at radius 3 is 1.95 bits per heavy atom. The van der Waals surface area contributed by atoms with Crippen LogP contribution in [0.15, 0.2) is 12.7 Å². The average molecular weight is 297 g/mol. The molecule has 0 radical (unpaired) electrons. The molecule has 0 bridgehead atoms. The first-order valence-electron chi connectivity index (χ1n) is 8.02. The zero-order valence-electron chi connectivity index (χ0n) is 15.3. The van der Waals surface area contributed by atoms with E-state index in [1.54, 1.807) is 0 Å². The van der Waals surface area contributed by atoms with Gasteiger partial charge in [-0.3, -0.25) is 0 Å². The van der Waals surface area contributed by atoms with Crippen LogP contribution in [-0.2, 0) is 9.63 Å². The zero-order valence-corrected chi connectivity index (χ0v) is 15.3. The van der Waals surface area contributed by atoms with Crippen LogP contribution in [0.4, 0.5) is 0 Å². The molecule has 0 spiro atoms. The molecule has 0 amide bonds. The normalized spacial score (nSPS) is 15.7. The lowest BCUT2D eigenvalue weighted by Gasteiger charge is -2.39. The van der Waals surface area contributed by atoms with Crippen molar-refractivity contribution in [2.75, 3.05) is 0 Å². The molecule has 0 rings (SSSR count). The Bertz CT molecular complexity index is 336. The van der Waals surface area contributed by atoms with Crippen molar-refractivity contribution in [1.82, 2.24) is 5.06 Å². The number of hydrogen-bond acceptors (Lipinski definition) is 3. The molecular weight excluding hydrogens is 262 g/mol. The summed E-state index contributed by atoms with van der Waals surface area (Å²) < 4.78 is 0. The summed E-state index contributed by atoms with van der Waals surface area (Å²) in [6.45, 7) is 21.1. The van der Waals surface area contributed by atoms with E-state index in [2.05, 4.69) is 62.0 Å². The fraction of sp³-hybridized carbons (Fsp3) is 0.833. The van der Waals surface area contributed by atoms with Crippen LogP contribution in [0.3, 0.4) is 0 Å². The minimum Gasteiger partial charge on any atom is -0.364 e.